The molecule has 0 bridgehead atoms. The standard InChI is InChI=1S/C20H24N2O.C4H4O4/c1-21(15-17-5-3-2-4-6-17)19-11-13-22(14-12-19)20-9-7-18(16-23)8-10-20;5-3(6)1-2-4(7)8/h2-10,16,19H,11-15H2,1H3;1-2H,(H,5,6)(H,7,8). The Hall–Kier alpha value is -3.45. The summed E-state index contributed by atoms with van der Waals surface area (Å²) in [6.07, 6.45) is 4.37. The monoisotopic (exact) mass is 424 g/mol. The second kappa shape index (κ2) is 12.3. The van der Waals surface area contributed by atoms with Gasteiger partial charge in [-0.15, -0.1) is 0 Å². The van der Waals surface area contributed by atoms with Crippen molar-refractivity contribution in [3.8, 4) is 0 Å². The van der Waals surface area contributed by atoms with Crippen LogP contribution in [-0.2, 0) is 16.1 Å². The molecule has 0 spiro atoms. The van der Waals surface area contributed by atoms with Crippen LogP contribution in [0, 0.1) is 0 Å². The highest BCUT2D eigenvalue weighted by atomic mass is 16.4. The molecule has 0 unspecified atom stereocenters. The molecule has 1 saturated heterocycles. The quantitative estimate of drug-likeness (QED) is 0.520. The highest BCUT2D eigenvalue weighted by Gasteiger charge is 2.22. The van der Waals surface area contributed by atoms with Crippen LogP contribution in [0.3, 0.4) is 0 Å². The van der Waals surface area contributed by atoms with E-state index < -0.39 is 11.9 Å². The zero-order chi connectivity index (χ0) is 22.6. The number of hydrogen-bond acceptors (Lipinski definition) is 5. The summed E-state index contributed by atoms with van der Waals surface area (Å²) >= 11 is 0. The molecule has 1 aliphatic rings. The van der Waals surface area contributed by atoms with Crippen molar-refractivity contribution in [1.82, 2.24) is 4.90 Å². The lowest BCUT2D eigenvalue weighted by Crippen LogP contribution is -2.43. The lowest BCUT2D eigenvalue weighted by molar-refractivity contribution is -0.134. The second-order valence-corrected chi connectivity index (χ2v) is 7.34. The van der Waals surface area contributed by atoms with E-state index in [2.05, 4.69) is 59.3 Å². The highest BCUT2D eigenvalue weighted by molar-refractivity contribution is 5.89. The molecule has 0 aromatic heterocycles. The minimum absolute atomic E-state index is 0.558. The Morgan fingerprint density at radius 3 is 2.00 bits per heavy atom. The van der Waals surface area contributed by atoms with Crippen LogP contribution in [0.15, 0.2) is 66.7 Å². The van der Waals surface area contributed by atoms with Gasteiger partial charge in [-0.3, -0.25) is 9.69 Å². The van der Waals surface area contributed by atoms with Gasteiger partial charge in [0.1, 0.15) is 6.29 Å². The first-order valence-electron chi connectivity index (χ1n) is 10.1. The molecule has 0 atom stereocenters. The summed E-state index contributed by atoms with van der Waals surface area (Å²) in [6.45, 7) is 3.16. The molecule has 7 nitrogen and oxygen atoms in total. The van der Waals surface area contributed by atoms with Gasteiger partial charge in [0, 0.05) is 49.1 Å². The summed E-state index contributed by atoms with van der Waals surface area (Å²) in [6, 6.07) is 19.2. The number of piperidine rings is 1. The molecule has 164 valence electrons. The lowest BCUT2D eigenvalue weighted by atomic mass is 10.0. The Bertz CT molecular complexity index is 857. The second-order valence-electron chi connectivity index (χ2n) is 7.34. The lowest BCUT2D eigenvalue weighted by Gasteiger charge is -2.38. The van der Waals surface area contributed by atoms with Crippen LogP contribution in [-0.4, -0.2) is 59.5 Å². The first-order valence-corrected chi connectivity index (χ1v) is 10.1. The largest absolute Gasteiger partial charge is 0.478 e. The number of nitrogens with zero attached hydrogens (tertiary/aromatic N) is 2. The van der Waals surface area contributed by atoms with E-state index in [4.69, 9.17) is 10.2 Å². The summed E-state index contributed by atoms with van der Waals surface area (Å²) in [7, 11) is 2.23. The normalized spacial score (nSPS) is 14.2. The topological polar surface area (TPSA) is 98.2 Å². The fourth-order valence-corrected chi connectivity index (χ4v) is 3.47. The van der Waals surface area contributed by atoms with Crippen LogP contribution in [0.4, 0.5) is 5.69 Å². The summed E-state index contributed by atoms with van der Waals surface area (Å²) in [5, 5.41) is 15.6. The van der Waals surface area contributed by atoms with E-state index in [0.717, 1.165) is 31.5 Å². The van der Waals surface area contributed by atoms with Crippen molar-refractivity contribution in [3.63, 3.8) is 0 Å². The predicted octanol–water partition coefficient (Wildman–Crippen LogP) is 3.31. The SMILES string of the molecule is CN(Cc1ccccc1)C1CCN(c2ccc(C=O)cc2)CC1.O=C(O)C=CC(=O)O. The molecule has 3 rings (SSSR count). The Kier molecular flexibility index (Phi) is 9.45. The number of rotatable bonds is 7. The number of carboxylic acids is 2. The third kappa shape index (κ3) is 8.44. The van der Waals surface area contributed by atoms with Crippen molar-refractivity contribution >= 4 is 23.9 Å². The number of benzene rings is 2. The first-order chi connectivity index (χ1) is 14.9. The number of aldehydes is 1. The molecule has 2 N–H and O–H groups in total. The molecule has 0 aliphatic carbocycles. The van der Waals surface area contributed by atoms with E-state index in [0.29, 0.717) is 18.2 Å². The maximum atomic E-state index is 10.7. The van der Waals surface area contributed by atoms with Crippen molar-refractivity contribution in [1.29, 1.82) is 0 Å². The van der Waals surface area contributed by atoms with E-state index in [-0.39, 0.29) is 0 Å². The van der Waals surface area contributed by atoms with Gasteiger partial charge in [0.05, 0.1) is 0 Å². The van der Waals surface area contributed by atoms with Gasteiger partial charge in [-0.25, -0.2) is 9.59 Å². The Balaban J connectivity index is 0.000000366. The van der Waals surface area contributed by atoms with Gasteiger partial charge in [0.15, 0.2) is 0 Å². The van der Waals surface area contributed by atoms with E-state index >= 15 is 0 Å². The Labute approximate surface area is 182 Å². The fourth-order valence-electron chi connectivity index (χ4n) is 3.47. The van der Waals surface area contributed by atoms with Crippen LogP contribution < -0.4 is 4.90 Å². The van der Waals surface area contributed by atoms with Gasteiger partial charge >= 0.3 is 11.9 Å². The van der Waals surface area contributed by atoms with Gasteiger partial charge in [-0.05, 0) is 49.7 Å². The van der Waals surface area contributed by atoms with Crippen LogP contribution in [0.1, 0.15) is 28.8 Å². The Morgan fingerprint density at radius 2 is 1.52 bits per heavy atom. The van der Waals surface area contributed by atoms with Gasteiger partial charge in [-0.1, -0.05) is 30.3 Å². The minimum atomic E-state index is -1.26. The zero-order valence-corrected chi connectivity index (χ0v) is 17.6. The van der Waals surface area contributed by atoms with Crippen LogP contribution >= 0.6 is 0 Å². The average molecular weight is 424 g/mol. The highest BCUT2D eigenvalue weighted by Crippen LogP contribution is 2.23. The van der Waals surface area contributed by atoms with Gasteiger partial charge < -0.3 is 15.1 Å². The maximum absolute atomic E-state index is 10.7. The molecule has 2 aromatic rings. The Morgan fingerprint density at radius 1 is 0.968 bits per heavy atom. The number of carbonyl (C=O) groups excluding carboxylic acids is 1. The van der Waals surface area contributed by atoms with E-state index in [1.54, 1.807) is 0 Å². The molecule has 1 aliphatic heterocycles. The smallest absolute Gasteiger partial charge is 0.328 e. The average Bonchev–Trinajstić information content (AvgIpc) is 2.79. The maximum Gasteiger partial charge on any atom is 0.328 e. The molecular weight excluding hydrogens is 396 g/mol. The van der Waals surface area contributed by atoms with Crippen LogP contribution in [0.2, 0.25) is 0 Å². The van der Waals surface area contributed by atoms with E-state index in [9.17, 15) is 14.4 Å². The van der Waals surface area contributed by atoms with Gasteiger partial charge in [0.2, 0.25) is 0 Å². The van der Waals surface area contributed by atoms with Crippen molar-refractivity contribution in [2.45, 2.75) is 25.4 Å². The van der Waals surface area contributed by atoms with Crippen molar-refractivity contribution in [3.05, 3.63) is 77.9 Å². The molecule has 0 radical (unpaired) electrons. The summed E-state index contributed by atoms with van der Waals surface area (Å²) in [4.78, 5) is 34.7. The third-order valence-electron chi connectivity index (χ3n) is 5.13. The molecule has 7 heteroatoms. The number of aliphatic carboxylic acids is 2. The van der Waals surface area contributed by atoms with Crippen molar-refractivity contribution in [2.75, 3.05) is 25.0 Å². The predicted molar refractivity (Wildman–Crippen MR) is 119 cm³/mol. The molecule has 31 heavy (non-hydrogen) atoms. The summed E-state index contributed by atoms with van der Waals surface area (Å²) in [5.74, 6) is -2.51. The first kappa shape index (κ1) is 23.8. The molecule has 1 heterocycles. The third-order valence-corrected chi connectivity index (χ3v) is 5.13. The number of carboxylic acid groups (broad SMARTS) is 2. The molecule has 0 saturated carbocycles. The summed E-state index contributed by atoms with van der Waals surface area (Å²) < 4.78 is 0. The van der Waals surface area contributed by atoms with Crippen LogP contribution in [0.25, 0.3) is 0 Å². The summed E-state index contributed by atoms with van der Waals surface area (Å²) in [5.41, 5.74) is 3.34. The molecule has 2 aromatic carbocycles. The van der Waals surface area contributed by atoms with Crippen LogP contribution in [0.5, 0.6) is 0 Å². The van der Waals surface area contributed by atoms with Crippen molar-refractivity contribution < 1.29 is 24.6 Å². The zero-order valence-electron chi connectivity index (χ0n) is 17.6. The number of anilines is 1. The molecule has 0 amide bonds. The van der Waals surface area contributed by atoms with E-state index in [1.165, 1.54) is 24.1 Å². The molecule has 1 fully saturated rings. The molecular formula is C24H28N2O5. The number of carbonyl (C=O) groups is 3. The fraction of sp³-hybridized carbons (Fsp3) is 0.292. The van der Waals surface area contributed by atoms with Gasteiger partial charge in [0.25, 0.3) is 0 Å². The van der Waals surface area contributed by atoms with Crippen molar-refractivity contribution in [2.24, 2.45) is 0 Å². The minimum Gasteiger partial charge on any atom is -0.478 e. The van der Waals surface area contributed by atoms with Gasteiger partial charge in [-0.2, -0.15) is 0 Å². The number of hydrogen-bond donors (Lipinski definition) is 2. The van der Waals surface area contributed by atoms with E-state index in [1.807, 2.05) is 12.1 Å².